The zero-order valence-electron chi connectivity index (χ0n) is 34.1. The van der Waals surface area contributed by atoms with Gasteiger partial charge < -0.3 is 9.32 Å². The van der Waals surface area contributed by atoms with Crippen LogP contribution in [-0.4, -0.2) is 0 Å². The minimum Gasteiger partial charge on any atom is -0.455 e. The van der Waals surface area contributed by atoms with E-state index in [9.17, 15) is 0 Å². The number of thiophene rings is 1. The van der Waals surface area contributed by atoms with Crippen LogP contribution in [0.15, 0.2) is 229 Å². The quantitative estimate of drug-likeness (QED) is 0.155. The first-order valence-corrected chi connectivity index (χ1v) is 22.3. The number of furan rings is 1. The molecule has 0 fully saturated rings. The van der Waals surface area contributed by atoms with Gasteiger partial charge in [-0.3, -0.25) is 0 Å². The second-order valence-corrected chi connectivity index (χ2v) is 17.4. The van der Waals surface area contributed by atoms with E-state index < -0.39 is 0 Å². The molecule has 0 saturated heterocycles. The molecule has 63 heavy (non-hydrogen) atoms. The molecule has 2 aromatic heterocycles. The maximum atomic E-state index is 6.70. The molecule has 0 aliphatic carbocycles. The lowest BCUT2D eigenvalue weighted by Gasteiger charge is -2.28. The van der Waals surface area contributed by atoms with Crippen LogP contribution in [0, 0.1) is 0 Å². The first-order chi connectivity index (χ1) is 31.2. The summed E-state index contributed by atoms with van der Waals surface area (Å²) in [5, 5.41) is 12.2. The molecule has 0 amide bonds. The Morgan fingerprint density at radius 1 is 0.349 bits per heavy atom. The molecular formula is C60H37NOS. The standard InChI is InChI=1S/C60H37NOS/c1-4-16-45-38(13-1)31-36-53-58-51(22-12-25-56(58)62-59(45)53)49-19-7-9-24-55(49)61(42-32-27-39(28-33-42)46-21-11-23-52-50-20-8-10-26-57(50)63-60(46)52)43-34-29-40(30-35-43)54-37-41-14-2-3-15-44(41)47-17-5-6-18-48(47)54/h1-37H. The summed E-state index contributed by atoms with van der Waals surface area (Å²) < 4.78 is 9.33. The molecular weight excluding hydrogens is 783 g/mol. The predicted octanol–water partition coefficient (Wildman–Crippen LogP) is 17.9. The van der Waals surface area contributed by atoms with Crippen molar-refractivity contribution in [3.63, 3.8) is 0 Å². The van der Waals surface area contributed by atoms with Gasteiger partial charge in [0.1, 0.15) is 11.2 Å². The summed E-state index contributed by atoms with van der Waals surface area (Å²) in [7, 11) is 0. The lowest BCUT2D eigenvalue weighted by Crippen LogP contribution is -2.11. The van der Waals surface area contributed by atoms with Gasteiger partial charge in [0.05, 0.1) is 5.69 Å². The molecule has 2 nitrogen and oxygen atoms in total. The fourth-order valence-electron chi connectivity index (χ4n) is 9.95. The zero-order chi connectivity index (χ0) is 41.4. The number of hydrogen-bond donors (Lipinski definition) is 0. The average molecular weight is 820 g/mol. The summed E-state index contributed by atoms with van der Waals surface area (Å²) in [5.74, 6) is 0. The highest BCUT2D eigenvalue weighted by Gasteiger charge is 2.22. The Bertz CT molecular complexity index is 3910. The maximum Gasteiger partial charge on any atom is 0.143 e. The number of rotatable bonds is 6. The number of nitrogens with zero attached hydrogens (tertiary/aromatic N) is 1. The van der Waals surface area contributed by atoms with E-state index in [1.807, 2.05) is 11.3 Å². The topological polar surface area (TPSA) is 16.4 Å². The molecule has 0 N–H and O–H groups in total. The number of hydrogen-bond acceptors (Lipinski definition) is 3. The molecule has 13 aromatic rings. The molecule has 0 aliphatic rings. The Kier molecular flexibility index (Phi) is 8.12. The molecule has 3 heteroatoms. The van der Waals surface area contributed by atoms with Crippen molar-refractivity contribution in [3.05, 3.63) is 224 Å². The third-order valence-corrected chi connectivity index (χ3v) is 14.1. The second kappa shape index (κ2) is 14.3. The molecule has 0 saturated carbocycles. The van der Waals surface area contributed by atoms with Crippen LogP contribution in [0.5, 0.6) is 0 Å². The van der Waals surface area contributed by atoms with E-state index in [1.165, 1.54) is 69.4 Å². The first kappa shape index (κ1) is 35.7. The number of benzene rings is 11. The van der Waals surface area contributed by atoms with Gasteiger partial charge in [0, 0.05) is 53.3 Å². The van der Waals surface area contributed by atoms with Crippen LogP contribution in [-0.2, 0) is 0 Å². The number of anilines is 3. The fraction of sp³-hybridized carbons (Fsp3) is 0. The Hall–Kier alpha value is -7.98. The van der Waals surface area contributed by atoms with Crippen molar-refractivity contribution in [3.8, 4) is 33.4 Å². The van der Waals surface area contributed by atoms with E-state index in [4.69, 9.17) is 4.42 Å². The SMILES string of the molecule is c1ccc(N(c2ccc(-c3cc4ccccc4c4ccccc34)cc2)c2ccc(-c3cccc4c3sc3ccccc34)cc2)c(-c2cccc3oc4c5ccccc5ccc4c23)c1. The molecule has 2 heterocycles. The lowest BCUT2D eigenvalue weighted by molar-refractivity contribution is 0.673. The van der Waals surface area contributed by atoms with Crippen molar-refractivity contribution in [2.75, 3.05) is 4.90 Å². The third-order valence-electron chi connectivity index (χ3n) is 12.9. The van der Waals surface area contributed by atoms with E-state index in [2.05, 4.69) is 229 Å². The molecule has 294 valence electrons. The largest absolute Gasteiger partial charge is 0.455 e. The van der Waals surface area contributed by atoms with Crippen LogP contribution >= 0.6 is 11.3 Å². The summed E-state index contributed by atoms with van der Waals surface area (Å²) in [4.78, 5) is 2.41. The van der Waals surface area contributed by atoms with Crippen molar-refractivity contribution in [2.24, 2.45) is 0 Å². The highest BCUT2D eigenvalue weighted by Crippen LogP contribution is 2.47. The fourth-order valence-corrected chi connectivity index (χ4v) is 11.2. The lowest BCUT2D eigenvalue weighted by atomic mass is 9.93. The van der Waals surface area contributed by atoms with Crippen molar-refractivity contribution in [2.45, 2.75) is 0 Å². The van der Waals surface area contributed by atoms with E-state index >= 15 is 0 Å². The van der Waals surface area contributed by atoms with Crippen LogP contribution < -0.4 is 4.90 Å². The van der Waals surface area contributed by atoms with Crippen molar-refractivity contribution in [1.29, 1.82) is 0 Å². The van der Waals surface area contributed by atoms with E-state index in [1.54, 1.807) is 0 Å². The Labute approximate surface area is 368 Å². The smallest absolute Gasteiger partial charge is 0.143 e. The van der Waals surface area contributed by atoms with Gasteiger partial charge >= 0.3 is 0 Å². The van der Waals surface area contributed by atoms with E-state index in [-0.39, 0.29) is 0 Å². The molecule has 0 atom stereocenters. The summed E-state index contributed by atoms with van der Waals surface area (Å²) in [6.45, 7) is 0. The maximum absolute atomic E-state index is 6.70. The second-order valence-electron chi connectivity index (χ2n) is 16.4. The normalized spacial score (nSPS) is 11.8. The van der Waals surface area contributed by atoms with Crippen LogP contribution in [0.4, 0.5) is 17.1 Å². The minimum atomic E-state index is 0.881. The molecule has 0 radical (unpaired) electrons. The molecule has 0 spiro atoms. The number of fused-ring (bicyclic) bond motifs is 11. The molecule has 13 rings (SSSR count). The Morgan fingerprint density at radius 2 is 0.937 bits per heavy atom. The first-order valence-electron chi connectivity index (χ1n) is 21.5. The van der Waals surface area contributed by atoms with Gasteiger partial charge in [0.15, 0.2) is 0 Å². The molecule has 0 aliphatic heterocycles. The van der Waals surface area contributed by atoms with Crippen LogP contribution in [0.1, 0.15) is 0 Å². The van der Waals surface area contributed by atoms with Gasteiger partial charge in [-0.1, -0.05) is 170 Å². The van der Waals surface area contributed by atoms with Crippen molar-refractivity contribution >= 4 is 103 Å². The van der Waals surface area contributed by atoms with Crippen molar-refractivity contribution < 1.29 is 4.42 Å². The van der Waals surface area contributed by atoms with Gasteiger partial charge in [0.2, 0.25) is 0 Å². The molecule has 0 bridgehead atoms. The van der Waals surface area contributed by atoms with Gasteiger partial charge in [0.25, 0.3) is 0 Å². The highest BCUT2D eigenvalue weighted by atomic mass is 32.1. The van der Waals surface area contributed by atoms with Gasteiger partial charge in [-0.05, 0) is 109 Å². The van der Waals surface area contributed by atoms with Crippen molar-refractivity contribution in [1.82, 2.24) is 0 Å². The Morgan fingerprint density at radius 3 is 1.75 bits per heavy atom. The van der Waals surface area contributed by atoms with Gasteiger partial charge in [-0.25, -0.2) is 0 Å². The predicted molar refractivity (Wildman–Crippen MR) is 270 cm³/mol. The molecule has 0 unspecified atom stereocenters. The van der Waals surface area contributed by atoms with Crippen LogP contribution in [0.2, 0.25) is 0 Å². The van der Waals surface area contributed by atoms with Crippen LogP contribution in [0.25, 0.3) is 108 Å². The third kappa shape index (κ3) is 5.71. The monoisotopic (exact) mass is 819 g/mol. The summed E-state index contributed by atoms with van der Waals surface area (Å²) in [6.07, 6.45) is 0. The highest BCUT2D eigenvalue weighted by molar-refractivity contribution is 7.26. The summed E-state index contributed by atoms with van der Waals surface area (Å²) >= 11 is 1.87. The average Bonchev–Trinajstić information content (AvgIpc) is 3.94. The number of para-hydroxylation sites is 1. The van der Waals surface area contributed by atoms with E-state index in [0.717, 1.165) is 55.5 Å². The van der Waals surface area contributed by atoms with E-state index in [0.29, 0.717) is 0 Å². The van der Waals surface area contributed by atoms with Gasteiger partial charge in [-0.15, -0.1) is 11.3 Å². The summed E-state index contributed by atoms with van der Waals surface area (Å²) in [5.41, 5.74) is 12.2. The summed E-state index contributed by atoms with van der Waals surface area (Å²) in [6, 6.07) is 81.7. The molecule has 11 aromatic carbocycles. The van der Waals surface area contributed by atoms with Crippen LogP contribution in [0.3, 0.4) is 0 Å². The minimum absolute atomic E-state index is 0.881. The zero-order valence-corrected chi connectivity index (χ0v) is 34.9. The van der Waals surface area contributed by atoms with Gasteiger partial charge in [-0.2, -0.15) is 0 Å². The Balaban J connectivity index is 0.993.